The average molecular weight is 341 g/mol. The molecule has 1 unspecified atom stereocenters. The number of rotatable bonds is 4. The van der Waals surface area contributed by atoms with Gasteiger partial charge in [0.15, 0.2) is 0 Å². The monoisotopic (exact) mass is 341 g/mol. The zero-order valence-electron chi connectivity index (χ0n) is 16.0. The number of nitrogens with zero attached hydrogens (tertiary/aromatic N) is 2. The van der Waals surface area contributed by atoms with Crippen LogP contribution in [-0.2, 0) is 17.8 Å². The lowest BCUT2D eigenvalue weighted by Gasteiger charge is -2.28. The third-order valence-corrected chi connectivity index (χ3v) is 4.55. The van der Waals surface area contributed by atoms with Crippen molar-refractivity contribution < 1.29 is 4.79 Å². The van der Waals surface area contributed by atoms with Crippen LogP contribution in [0.15, 0.2) is 30.3 Å². The summed E-state index contributed by atoms with van der Waals surface area (Å²) < 4.78 is 0. The number of hydrogen-bond donors (Lipinski definition) is 1. The fourth-order valence-electron chi connectivity index (χ4n) is 2.91. The van der Waals surface area contributed by atoms with E-state index in [1.54, 1.807) is 0 Å². The maximum atomic E-state index is 12.4. The number of nitrogens with one attached hydrogen (secondary N) is 1. The topological polar surface area (TPSA) is 49.0 Å². The SMILES string of the molecule is CCC.CCC(C)CC(=O)N1CCc2[nH]nc(-c3ccccc3)c2C1. The predicted octanol–water partition coefficient (Wildman–Crippen LogP) is 4.81. The molecule has 0 saturated carbocycles. The molecule has 1 amide bonds. The Morgan fingerprint density at radius 2 is 1.92 bits per heavy atom. The summed E-state index contributed by atoms with van der Waals surface area (Å²) in [6.45, 7) is 9.99. The van der Waals surface area contributed by atoms with E-state index in [0.29, 0.717) is 18.9 Å². The number of H-pyrrole nitrogens is 1. The molecule has 1 aliphatic heterocycles. The molecule has 4 nitrogen and oxygen atoms in total. The molecule has 0 saturated heterocycles. The minimum Gasteiger partial charge on any atom is -0.338 e. The number of carbonyl (C=O) groups is 1. The zero-order chi connectivity index (χ0) is 18.2. The number of carbonyl (C=O) groups excluding carboxylic acids is 1. The third kappa shape index (κ3) is 4.94. The van der Waals surface area contributed by atoms with E-state index in [1.165, 1.54) is 17.7 Å². The van der Waals surface area contributed by atoms with Gasteiger partial charge in [-0.05, 0) is 5.92 Å². The Morgan fingerprint density at radius 3 is 2.56 bits per heavy atom. The van der Waals surface area contributed by atoms with Gasteiger partial charge in [0.1, 0.15) is 0 Å². The summed E-state index contributed by atoms with van der Waals surface area (Å²) in [6.07, 6.45) is 3.80. The molecule has 1 N–H and O–H groups in total. The lowest BCUT2D eigenvalue weighted by molar-refractivity contribution is -0.133. The first kappa shape index (κ1) is 19.2. The van der Waals surface area contributed by atoms with E-state index in [0.717, 1.165) is 30.6 Å². The summed E-state index contributed by atoms with van der Waals surface area (Å²) in [6, 6.07) is 10.2. The first-order valence-electron chi connectivity index (χ1n) is 9.49. The van der Waals surface area contributed by atoms with Crippen molar-refractivity contribution in [2.45, 2.75) is 59.9 Å². The minimum atomic E-state index is 0.264. The molecule has 0 spiro atoms. The van der Waals surface area contributed by atoms with Crippen molar-refractivity contribution in [2.75, 3.05) is 6.54 Å². The summed E-state index contributed by atoms with van der Waals surface area (Å²) in [5, 5.41) is 7.62. The quantitative estimate of drug-likeness (QED) is 0.867. The fourth-order valence-corrected chi connectivity index (χ4v) is 2.91. The minimum absolute atomic E-state index is 0.264. The van der Waals surface area contributed by atoms with E-state index < -0.39 is 0 Å². The number of fused-ring (bicyclic) bond motifs is 1. The van der Waals surface area contributed by atoms with E-state index >= 15 is 0 Å². The van der Waals surface area contributed by atoms with Crippen LogP contribution in [-0.4, -0.2) is 27.5 Å². The fraction of sp³-hybridized carbons (Fsp3) is 0.524. The van der Waals surface area contributed by atoms with Gasteiger partial charge in [-0.3, -0.25) is 9.89 Å². The standard InChI is InChI=1S/C18H23N3O.C3H8/c1-3-13(2)11-17(22)21-10-9-16-15(12-21)18(20-19-16)14-7-5-4-6-8-14;1-3-2/h4-8,13H,3,9-12H2,1-2H3,(H,19,20);3H2,1-2H3. The van der Waals surface area contributed by atoms with E-state index in [1.807, 2.05) is 23.1 Å². The maximum absolute atomic E-state index is 12.4. The number of aromatic nitrogens is 2. The van der Waals surface area contributed by atoms with Gasteiger partial charge in [0.2, 0.25) is 5.91 Å². The van der Waals surface area contributed by atoms with Gasteiger partial charge in [-0.2, -0.15) is 5.10 Å². The summed E-state index contributed by atoms with van der Waals surface area (Å²) in [4.78, 5) is 14.4. The van der Waals surface area contributed by atoms with Crippen LogP contribution in [0, 0.1) is 5.92 Å². The van der Waals surface area contributed by atoms with Gasteiger partial charge in [0.05, 0.1) is 5.69 Å². The largest absolute Gasteiger partial charge is 0.338 e. The lowest BCUT2D eigenvalue weighted by atomic mass is 9.99. The molecule has 2 aromatic rings. The van der Waals surface area contributed by atoms with E-state index in [-0.39, 0.29) is 5.91 Å². The van der Waals surface area contributed by atoms with Crippen molar-refractivity contribution in [3.63, 3.8) is 0 Å². The summed E-state index contributed by atoms with van der Waals surface area (Å²) in [5.41, 5.74) is 4.44. The van der Waals surface area contributed by atoms with Crippen molar-refractivity contribution in [3.8, 4) is 11.3 Å². The molecule has 0 radical (unpaired) electrons. The molecular weight excluding hydrogens is 310 g/mol. The highest BCUT2D eigenvalue weighted by Crippen LogP contribution is 2.28. The second-order valence-electron chi connectivity index (χ2n) is 6.89. The maximum Gasteiger partial charge on any atom is 0.223 e. The molecule has 1 aromatic heterocycles. The highest BCUT2D eigenvalue weighted by Gasteiger charge is 2.26. The number of hydrogen-bond acceptors (Lipinski definition) is 2. The third-order valence-electron chi connectivity index (χ3n) is 4.55. The molecule has 136 valence electrons. The normalized spacial score (nSPS) is 14.3. The Bertz CT molecular complexity index is 663. The second kappa shape index (κ2) is 9.40. The van der Waals surface area contributed by atoms with Crippen LogP contribution in [0.2, 0.25) is 0 Å². The first-order valence-corrected chi connectivity index (χ1v) is 9.49. The van der Waals surface area contributed by atoms with Crippen molar-refractivity contribution in [2.24, 2.45) is 5.92 Å². The van der Waals surface area contributed by atoms with Gasteiger partial charge >= 0.3 is 0 Å². The molecule has 1 aromatic carbocycles. The predicted molar refractivity (Wildman–Crippen MR) is 103 cm³/mol. The molecule has 4 heteroatoms. The molecule has 0 aliphatic carbocycles. The molecule has 2 heterocycles. The Hall–Kier alpha value is -2.10. The van der Waals surface area contributed by atoms with Gasteiger partial charge in [0, 0.05) is 42.8 Å². The highest BCUT2D eigenvalue weighted by molar-refractivity contribution is 5.77. The molecule has 0 fully saturated rings. The van der Waals surface area contributed by atoms with Crippen LogP contribution < -0.4 is 0 Å². The van der Waals surface area contributed by atoms with Crippen LogP contribution in [0.5, 0.6) is 0 Å². The summed E-state index contributed by atoms with van der Waals surface area (Å²) in [7, 11) is 0. The summed E-state index contributed by atoms with van der Waals surface area (Å²) in [5.74, 6) is 0.715. The molecule has 1 atom stereocenters. The summed E-state index contributed by atoms with van der Waals surface area (Å²) >= 11 is 0. The second-order valence-corrected chi connectivity index (χ2v) is 6.89. The van der Waals surface area contributed by atoms with E-state index in [9.17, 15) is 4.79 Å². The van der Waals surface area contributed by atoms with Crippen molar-refractivity contribution in [1.82, 2.24) is 15.1 Å². The van der Waals surface area contributed by atoms with Crippen LogP contribution in [0.3, 0.4) is 0 Å². The van der Waals surface area contributed by atoms with Crippen molar-refractivity contribution in [3.05, 3.63) is 41.6 Å². The van der Waals surface area contributed by atoms with Crippen LogP contribution in [0.4, 0.5) is 0 Å². The van der Waals surface area contributed by atoms with Crippen LogP contribution >= 0.6 is 0 Å². The molecule has 0 bridgehead atoms. The van der Waals surface area contributed by atoms with Gasteiger partial charge < -0.3 is 4.90 Å². The molecule has 3 rings (SSSR count). The average Bonchev–Trinajstić information content (AvgIpc) is 3.06. The van der Waals surface area contributed by atoms with Crippen molar-refractivity contribution in [1.29, 1.82) is 0 Å². The Morgan fingerprint density at radius 1 is 1.24 bits per heavy atom. The number of benzene rings is 1. The Labute approximate surface area is 151 Å². The van der Waals surface area contributed by atoms with Crippen molar-refractivity contribution >= 4 is 5.91 Å². The van der Waals surface area contributed by atoms with Gasteiger partial charge in [-0.25, -0.2) is 0 Å². The molecular formula is C21H31N3O. The van der Waals surface area contributed by atoms with Gasteiger partial charge in [0.25, 0.3) is 0 Å². The van der Waals surface area contributed by atoms with E-state index in [4.69, 9.17) is 0 Å². The number of amides is 1. The highest BCUT2D eigenvalue weighted by atomic mass is 16.2. The molecule has 25 heavy (non-hydrogen) atoms. The lowest BCUT2D eigenvalue weighted by Crippen LogP contribution is -2.36. The van der Waals surface area contributed by atoms with E-state index in [2.05, 4.69) is 50.0 Å². The van der Waals surface area contributed by atoms with Crippen LogP contribution in [0.1, 0.15) is 58.2 Å². The van der Waals surface area contributed by atoms with Gasteiger partial charge in [-0.15, -0.1) is 0 Å². The molecule has 1 aliphatic rings. The zero-order valence-corrected chi connectivity index (χ0v) is 16.0. The number of aromatic amines is 1. The Balaban J connectivity index is 0.000000701. The smallest absolute Gasteiger partial charge is 0.223 e. The van der Waals surface area contributed by atoms with Crippen LogP contribution in [0.25, 0.3) is 11.3 Å². The first-order chi connectivity index (χ1) is 12.1. The Kier molecular flexibility index (Phi) is 7.23. The van der Waals surface area contributed by atoms with Gasteiger partial charge in [-0.1, -0.05) is 70.9 Å².